The second kappa shape index (κ2) is 8.12. The van der Waals surface area contributed by atoms with Crippen molar-refractivity contribution in [3.05, 3.63) is 77.4 Å². The SMILES string of the molecule is Cc1cccc(-n2nc(C(=O)N3C[C@@]4(C)C[C@H]3CC(C)(C)C4)nc2CCc2ccccc2)c1. The third-order valence-electron chi connectivity index (χ3n) is 7.27. The van der Waals surface area contributed by atoms with Crippen molar-refractivity contribution in [3.63, 3.8) is 0 Å². The van der Waals surface area contributed by atoms with E-state index < -0.39 is 0 Å². The molecule has 2 aromatic carbocycles. The Labute approximate surface area is 196 Å². The predicted octanol–water partition coefficient (Wildman–Crippen LogP) is 5.40. The van der Waals surface area contributed by atoms with Crippen LogP contribution in [0.3, 0.4) is 0 Å². The number of aromatic nitrogens is 3. The minimum absolute atomic E-state index is 0.0196. The maximum atomic E-state index is 13.7. The number of amides is 1. The summed E-state index contributed by atoms with van der Waals surface area (Å²) in [4.78, 5) is 20.5. The highest BCUT2D eigenvalue weighted by atomic mass is 16.2. The van der Waals surface area contributed by atoms with E-state index in [1.807, 2.05) is 22.9 Å². The zero-order valence-corrected chi connectivity index (χ0v) is 20.2. The third-order valence-corrected chi connectivity index (χ3v) is 7.27. The molecule has 5 rings (SSSR count). The highest BCUT2D eigenvalue weighted by molar-refractivity contribution is 5.91. The first-order valence-corrected chi connectivity index (χ1v) is 12.1. The van der Waals surface area contributed by atoms with Crippen LogP contribution in [0.4, 0.5) is 0 Å². The number of carbonyl (C=O) groups excluding carboxylic acids is 1. The summed E-state index contributed by atoms with van der Waals surface area (Å²) in [6.07, 6.45) is 4.88. The Kier molecular flexibility index (Phi) is 5.38. The molecule has 1 aromatic heterocycles. The second-order valence-corrected chi connectivity index (χ2v) is 11.2. The summed E-state index contributed by atoms with van der Waals surface area (Å²) < 4.78 is 1.87. The Morgan fingerprint density at radius 1 is 1.03 bits per heavy atom. The lowest BCUT2D eigenvalue weighted by molar-refractivity contribution is 0.0696. The van der Waals surface area contributed by atoms with E-state index in [9.17, 15) is 4.79 Å². The maximum Gasteiger partial charge on any atom is 0.293 e. The van der Waals surface area contributed by atoms with Gasteiger partial charge in [-0.05, 0) is 66.7 Å². The van der Waals surface area contributed by atoms with Gasteiger partial charge in [0, 0.05) is 19.0 Å². The van der Waals surface area contributed by atoms with Crippen molar-refractivity contribution >= 4 is 5.91 Å². The van der Waals surface area contributed by atoms with Gasteiger partial charge in [0.05, 0.1) is 5.69 Å². The van der Waals surface area contributed by atoms with Crippen LogP contribution in [0.25, 0.3) is 5.69 Å². The van der Waals surface area contributed by atoms with Gasteiger partial charge in [-0.1, -0.05) is 63.2 Å². The van der Waals surface area contributed by atoms with Crippen LogP contribution in [0.5, 0.6) is 0 Å². The number of benzene rings is 2. The van der Waals surface area contributed by atoms with E-state index in [0.717, 1.165) is 55.7 Å². The van der Waals surface area contributed by atoms with Gasteiger partial charge in [-0.25, -0.2) is 9.67 Å². The van der Waals surface area contributed by atoms with E-state index in [1.165, 1.54) is 5.56 Å². The summed E-state index contributed by atoms with van der Waals surface area (Å²) in [6.45, 7) is 9.87. The van der Waals surface area contributed by atoms with E-state index in [4.69, 9.17) is 10.1 Å². The topological polar surface area (TPSA) is 51.0 Å². The number of aryl methyl sites for hydroxylation is 3. The summed E-state index contributed by atoms with van der Waals surface area (Å²) in [5, 5.41) is 4.77. The molecule has 0 radical (unpaired) electrons. The Morgan fingerprint density at radius 2 is 1.82 bits per heavy atom. The molecule has 0 spiro atoms. The van der Waals surface area contributed by atoms with Crippen LogP contribution in [0.15, 0.2) is 54.6 Å². The van der Waals surface area contributed by atoms with Crippen LogP contribution in [0.2, 0.25) is 0 Å². The van der Waals surface area contributed by atoms with E-state index >= 15 is 0 Å². The number of hydrogen-bond acceptors (Lipinski definition) is 3. The molecule has 0 N–H and O–H groups in total. The summed E-state index contributed by atoms with van der Waals surface area (Å²) in [6, 6.07) is 18.9. The van der Waals surface area contributed by atoms with Crippen molar-refractivity contribution < 1.29 is 4.79 Å². The molecule has 1 saturated heterocycles. The van der Waals surface area contributed by atoms with Gasteiger partial charge in [0.1, 0.15) is 5.82 Å². The van der Waals surface area contributed by atoms with Gasteiger partial charge >= 0.3 is 0 Å². The van der Waals surface area contributed by atoms with Crippen LogP contribution >= 0.6 is 0 Å². The van der Waals surface area contributed by atoms with E-state index in [1.54, 1.807) is 0 Å². The lowest BCUT2D eigenvalue weighted by Gasteiger charge is -2.39. The zero-order chi connectivity index (χ0) is 23.2. The molecule has 33 heavy (non-hydrogen) atoms. The second-order valence-electron chi connectivity index (χ2n) is 11.2. The molecular formula is C28H34N4O. The van der Waals surface area contributed by atoms with Crippen molar-refractivity contribution in [2.24, 2.45) is 10.8 Å². The molecule has 1 aliphatic carbocycles. The van der Waals surface area contributed by atoms with Crippen LogP contribution in [0, 0.1) is 17.8 Å². The third kappa shape index (κ3) is 4.46. The minimum atomic E-state index is -0.0196. The Morgan fingerprint density at radius 3 is 2.58 bits per heavy atom. The average Bonchev–Trinajstić information content (AvgIpc) is 3.30. The molecule has 2 aliphatic rings. The maximum absolute atomic E-state index is 13.7. The molecular weight excluding hydrogens is 408 g/mol. The first kappa shape index (κ1) is 21.9. The highest BCUT2D eigenvalue weighted by Gasteiger charge is 2.51. The van der Waals surface area contributed by atoms with E-state index in [-0.39, 0.29) is 22.8 Å². The van der Waals surface area contributed by atoms with Gasteiger partial charge < -0.3 is 4.90 Å². The van der Waals surface area contributed by atoms with Gasteiger partial charge in [-0.15, -0.1) is 5.10 Å². The molecule has 5 nitrogen and oxygen atoms in total. The number of nitrogens with zero attached hydrogens (tertiary/aromatic N) is 4. The molecule has 1 amide bonds. The van der Waals surface area contributed by atoms with Crippen LogP contribution in [-0.2, 0) is 12.8 Å². The van der Waals surface area contributed by atoms with E-state index in [0.29, 0.717) is 5.82 Å². The molecule has 2 fully saturated rings. The largest absolute Gasteiger partial charge is 0.332 e. The molecule has 3 aromatic rings. The van der Waals surface area contributed by atoms with Gasteiger partial charge in [0.15, 0.2) is 0 Å². The fraction of sp³-hybridized carbons (Fsp3) is 0.464. The number of carbonyl (C=O) groups is 1. The molecule has 1 aliphatic heterocycles. The molecule has 1 saturated carbocycles. The highest BCUT2D eigenvalue weighted by Crippen LogP contribution is 2.52. The van der Waals surface area contributed by atoms with Gasteiger partial charge in [0.2, 0.25) is 5.82 Å². The molecule has 2 heterocycles. The Balaban J connectivity index is 1.46. The Bertz CT molecular complexity index is 1170. The summed E-state index contributed by atoms with van der Waals surface area (Å²) in [7, 11) is 0. The first-order chi connectivity index (χ1) is 15.7. The quantitative estimate of drug-likeness (QED) is 0.531. The molecule has 2 bridgehead atoms. The van der Waals surface area contributed by atoms with Crippen molar-refractivity contribution in [1.29, 1.82) is 0 Å². The molecule has 0 unspecified atom stereocenters. The number of rotatable bonds is 5. The summed E-state index contributed by atoms with van der Waals surface area (Å²) in [5.74, 6) is 1.14. The lowest BCUT2D eigenvalue weighted by atomic mass is 9.65. The van der Waals surface area contributed by atoms with Crippen molar-refractivity contribution in [2.75, 3.05) is 6.54 Å². The number of likely N-dealkylation sites (tertiary alicyclic amines) is 1. The minimum Gasteiger partial charge on any atom is -0.332 e. The van der Waals surface area contributed by atoms with Gasteiger partial charge in [-0.3, -0.25) is 4.79 Å². The monoisotopic (exact) mass is 442 g/mol. The fourth-order valence-corrected chi connectivity index (χ4v) is 6.29. The van der Waals surface area contributed by atoms with E-state index in [2.05, 4.69) is 69.0 Å². The Hall–Kier alpha value is -2.95. The lowest BCUT2D eigenvalue weighted by Crippen LogP contribution is -2.38. The fourth-order valence-electron chi connectivity index (χ4n) is 6.29. The first-order valence-electron chi connectivity index (χ1n) is 12.1. The summed E-state index contributed by atoms with van der Waals surface area (Å²) >= 11 is 0. The zero-order valence-electron chi connectivity index (χ0n) is 20.2. The van der Waals surface area contributed by atoms with Crippen LogP contribution in [-0.4, -0.2) is 38.2 Å². The smallest absolute Gasteiger partial charge is 0.293 e. The van der Waals surface area contributed by atoms with Gasteiger partial charge in [0.25, 0.3) is 5.91 Å². The van der Waals surface area contributed by atoms with Crippen LogP contribution < -0.4 is 0 Å². The van der Waals surface area contributed by atoms with Crippen molar-refractivity contribution in [1.82, 2.24) is 19.7 Å². The summed E-state index contributed by atoms with van der Waals surface area (Å²) in [5.41, 5.74) is 3.83. The van der Waals surface area contributed by atoms with Gasteiger partial charge in [-0.2, -0.15) is 0 Å². The standard InChI is InChI=1S/C28H34N4O/c1-20-9-8-12-22(15-20)32-24(14-13-21-10-6-5-7-11-21)29-25(30-32)26(33)31-19-28(4)17-23(31)16-27(2,3)18-28/h5-12,15,23H,13-14,16-19H2,1-4H3/t23-,28+/m1/s1. The number of fused-ring (bicyclic) bond motifs is 2. The van der Waals surface area contributed by atoms with Crippen molar-refractivity contribution in [3.8, 4) is 5.69 Å². The molecule has 172 valence electrons. The predicted molar refractivity (Wildman–Crippen MR) is 131 cm³/mol. The molecule has 2 atom stereocenters. The van der Waals surface area contributed by atoms with Crippen molar-refractivity contribution in [2.45, 2.75) is 65.8 Å². The van der Waals surface area contributed by atoms with Crippen LogP contribution in [0.1, 0.15) is 67.6 Å². The normalized spacial score (nSPS) is 23.6. The molecule has 5 heteroatoms. The number of hydrogen-bond donors (Lipinski definition) is 0. The average molecular weight is 443 g/mol.